The smallest absolute Gasteiger partial charge is 0.410 e. The van der Waals surface area contributed by atoms with E-state index < -0.39 is 53.3 Å². The Morgan fingerprint density at radius 1 is 1.02 bits per heavy atom. The molecule has 3 unspecified atom stereocenters. The van der Waals surface area contributed by atoms with Gasteiger partial charge in [-0.1, -0.05) is 54.1 Å². The van der Waals surface area contributed by atoms with Crippen LogP contribution in [-0.2, 0) is 35.7 Å². The summed E-state index contributed by atoms with van der Waals surface area (Å²) >= 11 is 0. The zero-order valence-electron chi connectivity index (χ0n) is 26.9. The van der Waals surface area contributed by atoms with Crippen molar-refractivity contribution in [3.05, 3.63) is 88.6 Å². The maximum atomic E-state index is 13.1. The third kappa shape index (κ3) is 9.98. The average Bonchev–Trinajstić information content (AvgIpc) is 3.43. The first-order valence-electron chi connectivity index (χ1n) is 15.2. The third-order valence-corrected chi connectivity index (χ3v) is 9.42. The normalized spacial score (nSPS) is 16.8. The lowest BCUT2D eigenvalue weighted by Crippen LogP contribution is -2.49. The Bertz CT molecular complexity index is 1660. The molecule has 3 aromatic rings. The number of amides is 2. The summed E-state index contributed by atoms with van der Waals surface area (Å²) in [6, 6.07) is 16.3. The summed E-state index contributed by atoms with van der Waals surface area (Å²) in [5, 5.41) is 15.4. The van der Waals surface area contributed by atoms with Crippen molar-refractivity contribution in [1.29, 1.82) is 0 Å². The summed E-state index contributed by atoms with van der Waals surface area (Å²) in [4.78, 5) is 43.7. The number of rotatable bonds is 14. The molecule has 1 aromatic heterocycles. The van der Waals surface area contributed by atoms with Gasteiger partial charge in [0.15, 0.2) is 0 Å². The lowest BCUT2D eigenvalue weighted by Gasteiger charge is -2.24. The number of aliphatic carboxylic acids is 1. The molecule has 1 saturated heterocycles. The minimum atomic E-state index is -4.20. The number of ether oxygens (including phenoxy) is 2. The molecule has 252 valence electrons. The zero-order valence-corrected chi connectivity index (χ0v) is 27.7. The first-order valence-corrected chi connectivity index (χ1v) is 16.7. The summed E-state index contributed by atoms with van der Waals surface area (Å²) in [6.45, 7) is 6.69. The van der Waals surface area contributed by atoms with Gasteiger partial charge < -0.3 is 30.1 Å². The van der Waals surface area contributed by atoms with Gasteiger partial charge in [-0.15, -0.1) is 0 Å². The van der Waals surface area contributed by atoms with E-state index in [0.717, 1.165) is 16.8 Å². The van der Waals surface area contributed by atoms with Gasteiger partial charge in [-0.25, -0.2) is 18.2 Å². The van der Waals surface area contributed by atoms with Gasteiger partial charge in [0.25, 0.3) is 0 Å². The molecule has 2 amide bonds. The number of carboxylic acid groups (broad SMARTS) is 1. The molecule has 1 fully saturated rings. The van der Waals surface area contributed by atoms with E-state index in [1.54, 1.807) is 30.9 Å². The molecule has 1 aliphatic rings. The van der Waals surface area contributed by atoms with Crippen molar-refractivity contribution < 1.29 is 37.4 Å². The molecule has 3 atom stereocenters. The van der Waals surface area contributed by atoms with E-state index in [1.807, 2.05) is 62.4 Å². The molecular weight excluding hydrogens is 626 g/mol. The van der Waals surface area contributed by atoms with Crippen molar-refractivity contribution in [2.75, 3.05) is 31.6 Å². The monoisotopic (exact) mass is 667 g/mol. The number of pyridine rings is 1. The van der Waals surface area contributed by atoms with E-state index in [4.69, 9.17) is 9.47 Å². The van der Waals surface area contributed by atoms with E-state index in [0.29, 0.717) is 29.9 Å². The lowest BCUT2D eigenvalue weighted by atomic mass is 10.1. The Hall–Kier alpha value is -4.53. The van der Waals surface area contributed by atoms with Crippen LogP contribution >= 0.6 is 0 Å². The van der Waals surface area contributed by atoms with Crippen molar-refractivity contribution in [2.45, 2.75) is 63.8 Å². The van der Waals surface area contributed by atoms with Crippen LogP contribution in [0.2, 0.25) is 0 Å². The van der Waals surface area contributed by atoms with Gasteiger partial charge in [0.2, 0.25) is 15.9 Å². The van der Waals surface area contributed by atoms with Crippen LogP contribution in [0.5, 0.6) is 0 Å². The van der Waals surface area contributed by atoms with Gasteiger partial charge in [0.05, 0.1) is 23.6 Å². The van der Waals surface area contributed by atoms with Gasteiger partial charge in [-0.05, 0) is 62.9 Å². The van der Waals surface area contributed by atoms with Crippen LogP contribution in [0.4, 0.5) is 10.6 Å². The van der Waals surface area contributed by atoms with Crippen molar-refractivity contribution >= 4 is 33.8 Å². The minimum Gasteiger partial charge on any atom is -0.480 e. The third-order valence-electron chi connectivity index (χ3n) is 7.65. The number of nitrogens with one attached hydrogen (secondary N) is 3. The first-order chi connectivity index (χ1) is 22.3. The second kappa shape index (κ2) is 15.8. The Morgan fingerprint density at radius 3 is 2.38 bits per heavy atom. The fraction of sp³-hybridized carbons (Fsp3) is 0.394. The van der Waals surface area contributed by atoms with Gasteiger partial charge in [0, 0.05) is 18.8 Å². The van der Waals surface area contributed by atoms with Crippen LogP contribution in [0.1, 0.15) is 34.4 Å². The topological polar surface area (TPSA) is 176 Å². The van der Waals surface area contributed by atoms with Crippen LogP contribution in [0.15, 0.2) is 65.6 Å². The highest BCUT2D eigenvalue weighted by Gasteiger charge is 2.37. The number of nitrogens with zero attached hydrogens (tertiary/aromatic N) is 2. The number of aromatic nitrogens is 1. The Balaban J connectivity index is 1.33. The fourth-order valence-corrected chi connectivity index (χ4v) is 7.20. The summed E-state index contributed by atoms with van der Waals surface area (Å²) < 4.78 is 39.7. The molecule has 13 nitrogen and oxygen atoms in total. The average molecular weight is 668 g/mol. The second-order valence-electron chi connectivity index (χ2n) is 11.6. The number of aryl methyl sites for hydroxylation is 4. The molecule has 47 heavy (non-hydrogen) atoms. The summed E-state index contributed by atoms with van der Waals surface area (Å²) in [7, 11) is -4.20. The Labute approximate surface area is 274 Å². The number of hydrogen-bond acceptors (Lipinski definition) is 9. The molecule has 0 saturated carbocycles. The molecular formula is C33H41N5O8S. The van der Waals surface area contributed by atoms with E-state index in [9.17, 15) is 27.9 Å². The molecule has 4 N–H and O–H groups in total. The number of hydrogen-bond donors (Lipinski definition) is 4. The summed E-state index contributed by atoms with van der Waals surface area (Å²) in [5.41, 5.74) is 3.52. The Kier molecular flexibility index (Phi) is 11.9. The number of benzene rings is 2. The van der Waals surface area contributed by atoms with Crippen LogP contribution in [-0.4, -0.2) is 85.8 Å². The number of carboxylic acids is 1. The van der Waals surface area contributed by atoms with Crippen molar-refractivity contribution in [3.63, 3.8) is 0 Å². The Morgan fingerprint density at radius 2 is 1.72 bits per heavy atom. The largest absolute Gasteiger partial charge is 0.480 e. The highest BCUT2D eigenvalue weighted by atomic mass is 32.2. The maximum absolute atomic E-state index is 13.1. The molecule has 2 aromatic carbocycles. The number of anilines is 1. The van der Waals surface area contributed by atoms with Gasteiger partial charge in [0.1, 0.15) is 25.1 Å². The van der Waals surface area contributed by atoms with E-state index >= 15 is 0 Å². The number of sulfonamides is 1. The molecule has 1 aliphatic heterocycles. The molecule has 14 heteroatoms. The van der Waals surface area contributed by atoms with Crippen LogP contribution in [0, 0.1) is 27.7 Å². The van der Waals surface area contributed by atoms with Crippen molar-refractivity contribution in [3.8, 4) is 0 Å². The number of carbonyl (C=O) groups is 3. The molecule has 4 rings (SSSR count). The van der Waals surface area contributed by atoms with Crippen LogP contribution in [0.3, 0.4) is 0 Å². The maximum Gasteiger partial charge on any atom is 0.410 e. The quantitative estimate of drug-likeness (QED) is 0.200. The van der Waals surface area contributed by atoms with Crippen LogP contribution < -0.4 is 15.4 Å². The van der Waals surface area contributed by atoms with E-state index in [2.05, 4.69) is 20.3 Å². The first kappa shape index (κ1) is 35.3. The SMILES string of the molecule is Cc1cc(C)c(S(=O)(=O)NC(CNC(=O)COC2CC(CNc3cccc(C)n3)N(C(=O)OCc3ccccc3)C2)C(=O)O)c(C)c1. The minimum absolute atomic E-state index is 0.000633. The van der Waals surface area contributed by atoms with E-state index in [-0.39, 0.29) is 24.1 Å². The predicted molar refractivity (Wildman–Crippen MR) is 174 cm³/mol. The molecule has 0 spiro atoms. The van der Waals surface area contributed by atoms with Gasteiger partial charge in [-0.3, -0.25) is 9.59 Å². The second-order valence-corrected chi connectivity index (χ2v) is 13.3. The molecule has 0 aliphatic carbocycles. The number of likely N-dealkylation sites (tertiary alicyclic amines) is 1. The summed E-state index contributed by atoms with van der Waals surface area (Å²) in [5.74, 6) is -1.43. The highest BCUT2D eigenvalue weighted by molar-refractivity contribution is 7.89. The van der Waals surface area contributed by atoms with E-state index in [1.165, 1.54) is 0 Å². The summed E-state index contributed by atoms with van der Waals surface area (Å²) in [6.07, 6.45) is -0.633. The molecule has 0 radical (unpaired) electrons. The molecule has 2 heterocycles. The van der Waals surface area contributed by atoms with Gasteiger partial charge >= 0.3 is 12.1 Å². The lowest BCUT2D eigenvalue weighted by molar-refractivity contribution is -0.139. The standard InChI is InChI=1S/C33H41N5O8S/c1-21-13-22(2)31(23(3)14-21)47(43,44)37-28(32(40)41)17-35-30(39)20-45-27-15-26(16-34-29-12-8-9-24(4)36-29)38(18-27)33(42)46-19-25-10-6-5-7-11-25/h5-14,26-28,37H,15-20H2,1-4H3,(H,34,36)(H,35,39)(H,40,41). The number of carbonyl (C=O) groups excluding carboxylic acids is 2. The predicted octanol–water partition coefficient (Wildman–Crippen LogP) is 3.07. The highest BCUT2D eigenvalue weighted by Crippen LogP contribution is 2.24. The van der Waals surface area contributed by atoms with Crippen molar-refractivity contribution in [1.82, 2.24) is 19.9 Å². The fourth-order valence-electron chi connectivity index (χ4n) is 5.55. The van der Waals surface area contributed by atoms with Crippen LogP contribution in [0.25, 0.3) is 0 Å². The molecule has 0 bridgehead atoms. The zero-order chi connectivity index (χ0) is 34.1. The van der Waals surface area contributed by atoms with Crippen molar-refractivity contribution in [2.24, 2.45) is 0 Å². The van der Waals surface area contributed by atoms with Gasteiger partial charge in [-0.2, -0.15) is 4.72 Å².